The van der Waals surface area contributed by atoms with Crippen LogP contribution in [0.3, 0.4) is 0 Å². The van der Waals surface area contributed by atoms with Gasteiger partial charge in [0, 0.05) is 0 Å². The third kappa shape index (κ3) is 2.87. The Morgan fingerprint density at radius 3 is 2.17 bits per heavy atom. The summed E-state index contributed by atoms with van der Waals surface area (Å²) >= 11 is 0. The van der Waals surface area contributed by atoms with Crippen LogP contribution in [0.1, 0.15) is 5.56 Å². The van der Waals surface area contributed by atoms with Crippen molar-refractivity contribution in [3.63, 3.8) is 0 Å². The number of hydrogen-bond donors (Lipinski definition) is 1. The summed E-state index contributed by atoms with van der Waals surface area (Å²) < 4.78 is 34.0. The number of aryl methyl sites for hydroxylation is 1. The molecule has 0 heterocycles. The predicted molar refractivity (Wildman–Crippen MR) is 44.8 cm³/mol. The summed E-state index contributed by atoms with van der Waals surface area (Å²) in [6.07, 6.45) is 0. The number of nitrogens with one attached hydrogen (secondary N) is 1. The molecule has 0 saturated heterocycles. The fraction of sp³-hybridized carbons (Fsp3) is 0.143. The van der Waals surface area contributed by atoms with Crippen molar-refractivity contribution in [2.24, 2.45) is 0 Å². The van der Waals surface area contributed by atoms with Crippen LogP contribution in [0.4, 0.5) is 9.57 Å². The fourth-order valence-electron chi connectivity index (χ4n) is 0.762. The molecule has 0 radical (unpaired) electrons. The van der Waals surface area contributed by atoms with E-state index < -0.39 is 10.4 Å². The second kappa shape index (κ2) is 3.10. The first-order valence-corrected chi connectivity index (χ1v) is 4.65. The summed E-state index contributed by atoms with van der Waals surface area (Å²) in [6.45, 7) is 1.85. The zero-order valence-corrected chi connectivity index (χ0v) is 7.23. The Labute approximate surface area is 70.6 Å². The predicted octanol–water partition coefficient (Wildman–Crippen LogP) is 1.62. The molecule has 0 aliphatic heterocycles. The number of halogens is 1. The van der Waals surface area contributed by atoms with Crippen molar-refractivity contribution in [3.05, 3.63) is 29.8 Å². The topological polar surface area (TPSA) is 46.2 Å². The van der Waals surface area contributed by atoms with Crippen LogP contribution >= 0.6 is 0 Å². The molecule has 0 unspecified atom stereocenters. The Hall–Kier alpha value is -1.10. The van der Waals surface area contributed by atoms with Gasteiger partial charge in [0.25, 0.3) is 0 Å². The molecule has 12 heavy (non-hydrogen) atoms. The lowest BCUT2D eigenvalue weighted by molar-refractivity contribution is 0.558. The van der Waals surface area contributed by atoms with Gasteiger partial charge in [-0.2, -0.15) is 8.42 Å². The second-order valence-electron chi connectivity index (χ2n) is 2.41. The van der Waals surface area contributed by atoms with Crippen molar-refractivity contribution in [3.8, 4) is 0 Å². The van der Waals surface area contributed by atoms with E-state index in [1.807, 2.05) is 6.92 Å². The average molecular weight is 189 g/mol. The number of anilines is 1. The molecule has 1 aromatic carbocycles. The summed E-state index contributed by atoms with van der Waals surface area (Å²) in [6, 6.07) is 6.36. The smallest absolute Gasteiger partial charge is 0.257 e. The molecule has 0 aliphatic carbocycles. The zero-order chi connectivity index (χ0) is 9.19. The maximum absolute atomic E-state index is 12.0. The lowest BCUT2D eigenvalue weighted by Crippen LogP contribution is -2.04. The molecule has 0 aromatic heterocycles. The normalized spacial score (nSPS) is 11.2. The van der Waals surface area contributed by atoms with Gasteiger partial charge in [-0.15, -0.1) is 0 Å². The highest BCUT2D eigenvalue weighted by Crippen LogP contribution is 2.10. The Bertz CT molecular complexity index is 357. The van der Waals surface area contributed by atoms with Crippen molar-refractivity contribution < 1.29 is 12.3 Å². The molecular weight excluding hydrogens is 181 g/mol. The Balaban J connectivity index is 2.85. The average Bonchev–Trinajstić information content (AvgIpc) is 1.91. The summed E-state index contributed by atoms with van der Waals surface area (Å²) in [5.74, 6) is 0. The van der Waals surface area contributed by atoms with Gasteiger partial charge in [-0.25, -0.2) is 0 Å². The van der Waals surface area contributed by atoms with Crippen LogP contribution in [0.15, 0.2) is 24.3 Å². The van der Waals surface area contributed by atoms with E-state index in [1.54, 1.807) is 16.9 Å². The van der Waals surface area contributed by atoms with Crippen LogP contribution in [0.2, 0.25) is 0 Å². The third-order valence-corrected chi connectivity index (χ3v) is 1.77. The Morgan fingerprint density at radius 2 is 1.75 bits per heavy atom. The number of benzene rings is 1. The van der Waals surface area contributed by atoms with Gasteiger partial charge in [-0.3, -0.25) is 4.72 Å². The largest absolute Gasteiger partial charge is 0.396 e. The van der Waals surface area contributed by atoms with Crippen LogP contribution < -0.4 is 4.72 Å². The molecule has 3 nitrogen and oxygen atoms in total. The van der Waals surface area contributed by atoms with E-state index in [-0.39, 0.29) is 5.69 Å². The first-order chi connectivity index (χ1) is 5.47. The molecule has 0 saturated carbocycles. The van der Waals surface area contributed by atoms with Gasteiger partial charge >= 0.3 is 10.4 Å². The highest BCUT2D eigenvalue weighted by atomic mass is 32.3. The first-order valence-electron chi connectivity index (χ1n) is 3.26. The molecule has 1 aromatic rings. The molecule has 5 heteroatoms. The minimum Gasteiger partial charge on any atom is -0.257 e. The van der Waals surface area contributed by atoms with E-state index in [0.717, 1.165) is 5.56 Å². The van der Waals surface area contributed by atoms with Crippen LogP contribution in [0.25, 0.3) is 0 Å². The monoisotopic (exact) mass is 189 g/mol. The molecule has 66 valence electrons. The molecule has 0 spiro atoms. The van der Waals surface area contributed by atoms with Gasteiger partial charge in [-0.05, 0) is 19.1 Å². The molecule has 1 rings (SSSR count). The molecular formula is C7H8FNO2S. The lowest BCUT2D eigenvalue weighted by Gasteiger charge is -1.99. The van der Waals surface area contributed by atoms with Gasteiger partial charge in [0.1, 0.15) is 0 Å². The van der Waals surface area contributed by atoms with E-state index in [0.29, 0.717) is 0 Å². The van der Waals surface area contributed by atoms with Crippen LogP contribution in [-0.2, 0) is 10.4 Å². The lowest BCUT2D eigenvalue weighted by atomic mass is 10.2. The minimum atomic E-state index is -4.64. The molecule has 0 aliphatic rings. The molecule has 0 fully saturated rings. The maximum Gasteiger partial charge on any atom is 0.396 e. The first kappa shape index (κ1) is 8.99. The highest BCUT2D eigenvalue weighted by molar-refractivity contribution is 7.87. The molecule has 0 amide bonds. The van der Waals surface area contributed by atoms with E-state index in [1.165, 1.54) is 12.1 Å². The second-order valence-corrected chi connectivity index (χ2v) is 3.49. The fourth-order valence-corrected chi connectivity index (χ4v) is 1.18. The summed E-state index contributed by atoms with van der Waals surface area (Å²) in [5, 5.41) is 0. The zero-order valence-electron chi connectivity index (χ0n) is 6.41. The number of rotatable bonds is 2. The van der Waals surface area contributed by atoms with Crippen molar-refractivity contribution in [2.75, 3.05) is 4.72 Å². The van der Waals surface area contributed by atoms with E-state index >= 15 is 0 Å². The van der Waals surface area contributed by atoms with Crippen molar-refractivity contribution in [1.82, 2.24) is 0 Å². The van der Waals surface area contributed by atoms with Gasteiger partial charge < -0.3 is 0 Å². The van der Waals surface area contributed by atoms with E-state index in [4.69, 9.17) is 0 Å². The molecule has 0 bridgehead atoms. The SMILES string of the molecule is Cc1ccc(NS(=O)(=O)F)cc1. The standard InChI is InChI=1S/C7H8FNO2S/c1-6-2-4-7(5-3-6)9-12(8,10)11/h2-5,9H,1H3. The van der Waals surface area contributed by atoms with E-state index in [2.05, 4.69) is 0 Å². The summed E-state index contributed by atoms with van der Waals surface area (Å²) in [5.41, 5.74) is 1.21. The van der Waals surface area contributed by atoms with E-state index in [9.17, 15) is 12.3 Å². The maximum atomic E-state index is 12.0. The quantitative estimate of drug-likeness (QED) is 0.718. The van der Waals surface area contributed by atoms with Crippen molar-refractivity contribution in [2.45, 2.75) is 6.92 Å². The van der Waals surface area contributed by atoms with Crippen LogP contribution in [0.5, 0.6) is 0 Å². The van der Waals surface area contributed by atoms with Gasteiger partial charge in [0.05, 0.1) is 5.69 Å². The van der Waals surface area contributed by atoms with Gasteiger partial charge in [0.15, 0.2) is 0 Å². The number of hydrogen-bond acceptors (Lipinski definition) is 2. The van der Waals surface area contributed by atoms with Gasteiger partial charge in [-0.1, -0.05) is 21.6 Å². The van der Waals surface area contributed by atoms with Crippen molar-refractivity contribution in [1.29, 1.82) is 0 Å². The molecule has 0 atom stereocenters. The van der Waals surface area contributed by atoms with Crippen LogP contribution in [0, 0.1) is 6.92 Å². The Kier molecular flexibility index (Phi) is 2.32. The summed E-state index contributed by atoms with van der Waals surface area (Å²) in [7, 11) is -4.64. The van der Waals surface area contributed by atoms with Crippen LogP contribution in [-0.4, -0.2) is 8.42 Å². The van der Waals surface area contributed by atoms with Gasteiger partial charge in [0.2, 0.25) is 0 Å². The highest BCUT2D eigenvalue weighted by Gasteiger charge is 2.04. The minimum absolute atomic E-state index is 0.225. The third-order valence-electron chi connectivity index (χ3n) is 1.29. The summed E-state index contributed by atoms with van der Waals surface area (Å²) in [4.78, 5) is 0. The Morgan fingerprint density at radius 1 is 1.25 bits per heavy atom. The van der Waals surface area contributed by atoms with Crippen molar-refractivity contribution >= 4 is 16.1 Å². The molecule has 1 N–H and O–H groups in total.